The van der Waals surface area contributed by atoms with E-state index < -0.39 is 0 Å². The van der Waals surface area contributed by atoms with E-state index in [1.54, 1.807) is 25.3 Å². The van der Waals surface area contributed by atoms with Crippen molar-refractivity contribution in [3.63, 3.8) is 0 Å². The van der Waals surface area contributed by atoms with Crippen LogP contribution >= 0.6 is 0 Å². The van der Waals surface area contributed by atoms with Gasteiger partial charge in [0.15, 0.2) is 0 Å². The highest BCUT2D eigenvalue weighted by Crippen LogP contribution is 2.55. The van der Waals surface area contributed by atoms with Crippen LogP contribution in [0.2, 0.25) is 0 Å². The molecule has 1 aromatic carbocycles. The van der Waals surface area contributed by atoms with Crippen LogP contribution in [-0.2, 0) is 11.2 Å². The number of carbonyl (C=O) groups is 1. The molecule has 0 aliphatic heterocycles. The molecule has 1 fully saturated rings. The maximum absolute atomic E-state index is 13.4. The molecule has 5 nitrogen and oxygen atoms in total. The Bertz CT molecular complexity index is 1170. The number of carbonyl (C=O) groups excluding carboxylic acids is 1. The molecule has 1 unspecified atom stereocenters. The molecule has 164 valence electrons. The number of amides is 1. The van der Waals surface area contributed by atoms with Crippen molar-refractivity contribution in [3.05, 3.63) is 83.2 Å². The number of rotatable bonds is 5. The maximum Gasteiger partial charge on any atom is 0.217 e. The highest BCUT2D eigenvalue weighted by molar-refractivity contribution is 5.73. The number of fused-ring (bicyclic) bond motifs is 2. The van der Waals surface area contributed by atoms with Crippen molar-refractivity contribution in [2.75, 3.05) is 0 Å². The van der Waals surface area contributed by atoms with Gasteiger partial charge in [-0.05, 0) is 84.6 Å². The van der Waals surface area contributed by atoms with Gasteiger partial charge in [-0.15, -0.1) is 0 Å². The van der Waals surface area contributed by atoms with Crippen LogP contribution in [0.3, 0.4) is 0 Å². The molecule has 0 bridgehead atoms. The van der Waals surface area contributed by atoms with Gasteiger partial charge in [-0.3, -0.25) is 9.78 Å². The summed E-state index contributed by atoms with van der Waals surface area (Å²) in [5.74, 6) is 0.166. The Hall–Kier alpha value is -3.28. The average molecular weight is 431 g/mol. The number of benzene rings is 1. The second-order valence-corrected chi connectivity index (χ2v) is 9.22. The summed E-state index contributed by atoms with van der Waals surface area (Å²) in [5, 5.41) is 7.75. The summed E-state index contributed by atoms with van der Waals surface area (Å²) in [6, 6.07) is 10.4. The lowest BCUT2D eigenvalue weighted by molar-refractivity contribution is -0.119. The Kier molecular flexibility index (Phi) is 5.16. The largest absolute Gasteiger partial charge is 0.349 e. The first-order valence-electron chi connectivity index (χ1n) is 11.1. The number of allylic oxidation sites excluding steroid dienone is 1. The standard InChI is InChI=1S/C26H27FN4O/c1-17(32)30-24(18-4-3-11-28-15-18)12-20-5-6-21-13-25-19(14-26(20,21)2)16-29-31(25)23-9-7-22(27)8-10-23/h3-4,7-11,13,15-16,20,24H,5-6,12,14H2,1-2H3,(H,30,32)/t20-,24?,26-/m1/s1. The number of pyridine rings is 1. The molecule has 32 heavy (non-hydrogen) atoms. The maximum atomic E-state index is 13.4. The average Bonchev–Trinajstić information content (AvgIpc) is 3.32. The van der Waals surface area contributed by atoms with Gasteiger partial charge in [0.1, 0.15) is 5.82 Å². The minimum absolute atomic E-state index is 0.0238. The first kappa shape index (κ1) is 20.6. The van der Waals surface area contributed by atoms with Crippen molar-refractivity contribution >= 4 is 12.0 Å². The van der Waals surface area contributed by atoms with E-state index in [0.29, 0.717) is 5.92 Å². The lowest BCUT2D eigenvalue weighted by Crippen LogP contribution is -2.34. The van der Waals surface area contributed by atoms with Gasteiger partial charge >= 0.3 is 0 Å². The SMILES string of the molecule is CC(=O)NC(C[C@H]1CCC2=Cc3c(cnn3-c3ccc(F)cc3)C[C@@]21C)c1cccnc1. The summed E-state index contributed by atoms with van der Waals surface area (Å²) in [6.45, 7) is 3.92. The second kappa shape index (κ2) is 8.01. The molecule has 5 rings (SSSR count). The minimum atomic E-state index is -0.248. The van der Waals surface area contributed by atoms with E-state index in [1.165, 1.54) is 23.3 Å². The van der Waals surface area contributed by atoms with Gasteiger partial charge in [0.25, 0.3) is 0 Å². The first-order chi connectivity index (χ1) is 15.4. The van der Waals surface area contributed by atoms with Gasteiger partial charge in [0.05, 0.1) is 23.6 Å². The van der Waals surface area contributed by atoms with Gasteiger partial charge in [-0.2, -0.15) is 5.10 Å². The van der Waals surface area contributed by atoms with E-state index in [9.17, 15) is 9.18 Å². The van der Waals surface area contributed by atoms with Crippen molar-refractivity contribution in [2.24, 2.45) is 11.3 Å². The molecule has 2 aliphatic rings. The van der Waals surface area contributed by atoms with E-state index in [4.69, 9.17) is 0 Å². The summed E-state index contributed by atoms with van der Waals surface area (Å²) in [6.07, 6.45) is 11.8. The van der Waals surface area contributed by atoms with Crippen molar-refractivity contribution in [1.82, 2.24) is 20.1 Å². The number of aromatic nitrogens is 3. The number of hydrogen-bond acceptors (Lipinski definition) is 3. The zero-order valence-corrected chi connectivity index (χ0v) is 18.4. The quantitative estimate of drug-likeness (QED) is 0.618. The molecule has 0 spiro atoms. The Morgan fingerprint density at radius 1 is 1.28 bits per heavy atom. The van der Waals surface area contributed by atoms with Crippen molar-refractivity contribution < 1.29 is 9.18 Å². The van der Waals surface area contributed by atoms with Crippen LogP contribution in [-0.4, -0.2) is 20.7 Å². The number of halogens is 1. The van der Waals surface area contributed by atoms with Crippen LogP contribution in [0.1, 0.15) is 56.0 Å². The lowest BCUT2D eigenvalue weighted by atomic mass is 9.68. The van der Waals surface area contributed by atoms with Crippen LogP contribution < -0.4 is 5.32 Å². The number of hydrogen-bond donors (Lipinski definition) is 1. The second-order valence-electron chi connectivity index (χ2n) is 9.22. The van der Waals surface area contributed by atoms with Crippen LogP contribution in [0.5, 0.6) is 0 Å². The van der Waals surface area contributed by atoms with Gasteiger partial charge in [-0.1, -0.05) is 18.6 Å². The van der Waals surface area contributed by atoms with Crippen LogP contribution in [0, 0.1) is 17.2 Å². The fraction of sp³-hybridized carbons (Fsp3) is 0.346. The third-order valence-corrected chi connectivity index (χ3v) is 7.21. The molecule has 1 saturated carbocycles. The molecule has 2 heterocycles. The smallest absolute Gasteiger partial charge is 0.217 e. The van der Waals surface area contributed by atoms with Crippen molar-refractivity contribution in [3.8, 4) is 5.69 Å². The molecular formula is C26H27FN4O. The molecule has 0 saturated heterocycles. The summed E-state index contributed by atoms with van der Waals surface area (Å²) in [7, 11) is 0. The summed E-state index contributed by atoms with van der Waals surface area (Å²) < 4.78 is 15.3. The fourth-order valence-corrected chi connectivity index (χ4v) is 5.49. The number of nitrogens with zero attached hydrogens (tertiary/aromatic N) is 3. The van der Waals surface area contributed by atoms with E-state index in [2.05, 4.69) is 28.4 Å². The third-order valence-electron chi connectivity index (χ3n) is 7.21. The molecule has 1 amide bonds. The third kappa shape index (κ3) is 3.64. The Morgan fingerprint density at radius 2 is 2.09 bits per heavy atom. The minimum Gasteiger partial charge on any atom is -0.349 e. The summed E-state index contributed by atoms with van der Waals surface area (Å²) in [4.78, 5) is 16.2. The summed E-state index contributed by atoms with van der Waals surface area (Å²) in [5.41, 5.74) is 5.68. The Morgan fingerprint density at radius 3 is 2.81 bits per heavy atom. The van der Waals surface area contributed by atoms with Crippen LogP contribution in [0.25, 0.3) is 11.8 Å². The Labute approximate surface area is 187 Å². The molecular weight excluding hydrogens is 403 g/mol. The predicted molar refractivity (Wildman–Crippen MR) is 121 cm³/mol. The fourth-order valence-electron chi connectivity index (χ4n) is 5.49. The molecule has 3 atom stereocenters. The molecule has 3 aromatic rings. The highest BCUT2D eigenvalue weighted by atomic mass is 19.1. The van der Waals surface area contributed by atoms with Crippen molar-refractivity contribution in [2.45, 2.75) is 45.6 Å². The highest BCUT2D eigenvalue weighted by Gasteiger charge is 2.46. The zero-order valence-electron chi connectivity index (χ0n) is 18.4. The van der Waals surface area contributed by atoms with E-state index >= 15 is 0 Å². The molecule has 1 N–H and O–H groups in total. The summed E-state index contributed by atoms with van der Waals surface area (Å²) >= 11 is 0. The Balaban J connectivity index is 1.43. The van der Waals surface area contributed by atoms with Crippen LogP contribution in [0.4, 0.5) is 4.39 Å². The number of nitrogens with one attached hydrogen (secondary N) is 1. The zero-order chi connectivity index (χ0) is 22.3. The normalized spacial score (nSPS) is 22.6. The molecule has 2 aliphatic carbocycles. The first-order valence-corrected chi connectivity index (χ1v) is 11.1. The molecule has 0 radical (unpaired) electrons. The predicted octanol–water partition coefficient (Wildman–Crippen LogP) is 5.03. The van der Waals surface area contributed by atoms with E-state index in [1.807, 2.05) is 29.2 Å². The topological polar surface area (TPSA) is 59.8 Å². The molecule has 6 heteroatoms. The lowest BCUT2D eigenvalue weighted by Gasteiger charge is -2.37. The van der Waals surface area contributed by atoms with E-state index in [-0.39, 0.29) is 23.2 Å². The van der Waals surface area contributed by atoms with Gasteiger partial charge in [-0.25, -0.2) is 9.07 Å². The molecule has 2 aromatic heterocycles. The van der Waals surface area contributed by atoms with E-state index in [0.717, 1.165) is 42.6 Å². The van der Waals surface area contributed by atoms with Gasteiger partial charge in [0.2, 0.25) is 5.91 Å². The monoisotopic (exact) mass is 430 g/mol. The van der Waals surface area contributed by atoms with Crippen molar-refractivity contribution in [1.29, 1.82) is 0 Å². The van der Waals surface area contributed by atoms with Crippen LogP contribution in [0.15, 0.2) is 60.6 Å². The van der Waals surface area contributed by atoms with Gasteiger partial charge < -0.3 is 5.32 Å². The van der Waals surface area contributed by atoms with Gasteiger partial charge in [0, 0.05) is 19.3 Å².